The van der Waals surface area contributed by atoms with Crippen molar-refractivity contribution < 1.29 is 9.90 Å². The summed E-state index contributed by atoms with van der Waals surface area (Å²) in [6.07, 6.45) is 3.41. The van der Waals surface area contributed by atoms with Gasteiger partial charge in [-0.1, -0.05) is 20.3 Å². The van der Waals surface area contributed by atoms with E-state index in [1.165, 1.54) is 6.42 Å². The van der Waals surface area contributed by atoms with Gasteiger partial charge in [-0.2, -0.15) is 0 Å². The van der Waals surface area contributed by atoms with Gasteiger partial charge >= 0.3 is 0 Å². The average molecular weight is 242 g/mol. The monoisotopic (exact) mass is 242 g/mol. The predicted molar refractivity (Wildman–Crippen MR) is 68.6 cm³/mol. The van der Waals surface area contributed by atoms with Crippen molar-refractivity contribution >= 4 is 5.91 Å². The molecule has 3 N–H and O–H groups in total. The van der Waals surface area contributed by atoms with Crippen LogP contribution < -0.4 is 10.6 Å². The second-order valence-corrected chi connectivity index (χ2v) is 5.09. The summed E-state index contributed by atoms with van der Waals surface area (Å²) in [6, 6.07) is 0. The SMILES string of the molecule is CCNCC(C)C(=O)NCC1CCCC1CO. The summed E-state index contributed by atoms with van der Waals surface area (Å²) >= 11 is 0. The lowest BCUT2D eigenvalue weighted by atomic mass is 9.97. The molecule has 17 heavy (non-hydrogen) atoms. The van der Waals surface area contributed by atoms with E-state index in [1.807, 2.05) is 13.8 Å². The Kier molecular flexibility index (Phi) is 6.52. The maximum atomic E-state index is 11.8. The van der Waals surface area contributed by atoms with E-state index < -0.39 is 0 Å². The molecule has 1 saturated carbocycles. The Morgan fingerprint density at radius 3 is 2.76 bits per heavy atom. The highest BCUT2D eigenvalue weighted by molar-refractivity contribution is 5.78. The van der Waals surface area contributed by atoms with Crippen molar-refractivity contribution in [1.29, 1.82) is 0 Å². The van der Waals surface area contributed by atoms with Crippen LogP contribution in [0.15, 0.2) is 0 Å². The summed E-state index contributed by atoms with van der Waals surface area (Å²) in [6.45, 7) is 6.59. The molecular formula is C13H26N2O2. The fourth-order valence-corrected chi connectivity index (χ4v) is 2.48. The highest BCUT2D eigenvalue weighted by atomic mass is 16.3. The maximum absolute atomic E-state index is 11.8. The van der Waals surface area contributed by atoms with Gasteiger partial charge in [-0.15, -0.1) is 0 Å². The second-order valence-electron chi connectivity index (χ2n) is 5.09. The quantitative estimate of drug-likeness (QED) is 0.617. The summed E-state index contributed by atoms with van der Waals surface area (Å²) in [7, 11) is 0. The van der Waals surface area contributed by atoms with Crippen LogP contribution >= 0.6 is 0 Å². The van der Waals surface area contributed by atoms with E-state index >= 15 is 0 Å². The number of carbonyl (C=O) groups is 1. The molecule has 1 fully saturated rings. The first-order valence-corrected chi connectivity index (χ1v) is 6.78. The Morgan fingerprint density at radius 2 is 2.12 bits per heavy atom. The average Bonchev–Trinajstić information content (AvgIpc) is 2.80. The second kappa shape index (κ2) is 7.67. The molecule has 0 saturated heterocycles. The lowest BCUT2D eigenvalue weighted by Crippen LogP contribution is -2.38. The molecule has 3 atom stereocenters. The van der Waals surface area contributed by atoms with Gasteiger partial charge in [-0.25, -0.2) is 0 Å². The summed E-state index contributed by atoms with van der Waals surface area (Å²) in [4.78, 5) is 11.8. The molecule has 0 aliphatic heterocycles. The van der Waals surface area contributed by atoms with E-state index in [0.29, 0.717) is 11.8 Å². The van der Waals surface area contributed by atoms with Gasteiger partial charge in [0.05, 0.1) is 0 Å². The van der Waals surface area contributed by atoms with Gasteiger partial charge in [0.2, 0.25) is 5.91 Å². The van der Waals surface area contributed by atoms with Crippen molar-refractivity contribution in [3.8, 4) is 0 Å². The van der Waals surface area contributed by atoms with Crippen molar-refractivity contribution in [2.45, 2.75) is 33.1 Å². The zero-order chi connectivity index (χ0) is 12.7. The Labute approximate surface area is 104 Å². The molecule has 1 amide bonds. The van der Waals surface area contributed by atoms with Gasteiger partial charge in [0.25, 0.3) is 0 Å². The highest BCUT2D eigenvalue weighted by Gasteiger charge is 2.27. The molecule has 0 aromatic heterocycles. The van der Waals surface area contributed by atoms with E-state index in [2.05, 4.69) is 10.6 Å². The minimum atomic E-state index is 0.0175. The van der Waals surface area contributed by atoms with Gasteiger partial charge < -0.3 is 15.7 Å². The molecule has 4 nitrogen and oxygen atoms in total. The third kappa shape index (κ3) is 4.64. The number of nitrogens with one attached hydrogen (secondary N) is 2. The van der Waals surface area contributed by atoms with Crippen molar-refractivity contribution in [3.63, 3.8) is 0 Å². The first kappa shape index (κ1) is 14.5. The van der Waals surface area contributed by atoms with Crippen LogP contribution in [0.5, 0.6) is 0 Å². The molecule has 1 aliphatic carbocycles. The Morgan fingerprint density at radius 1 is 1.41 bits per heavy atom. The Hall–Kier alpha value is -0.610. The topological polar surface area (TPSA) is 61.4 Å². The van der Waals surface area contributed by atoms with E-state index in [-0.39, 0.29) is 18.4 Å². The maximum Gasteiger partial charge on any atom is 0.224 e. The largest absolute Gasteiger partial charge is 0.396 e. The normalized spacial score (nSPS) is 25.8. The van der Waals surface area contributed by atoms with Gasteiger partial charge in [-0.3, -0.25) is 4.79 Å². The molecule has 0 aromatic carbocycles. The first-order valence-electron chi connectivity index (χ1n) is 6.78. The molecule has 1 aliphatic rings. The van der Waals surface area contributed by atoms with Gasteiger partial charge in [0, 0.05) is 25.6 Å². The third-order valence-corrected chi connectivity index (χ3v) is 3.74. The lowest BCUT2D eigenvalue weighted by Gasteiger charge is -2.19. The minimum Gasteiger partial charge on any atom is -0.396 e. The molecule has 0 heterocycles. The molecule has 100 valence electrons. The summed E-state index contributed by atoms with van der Waals surface area (Å²) in [5.41, 5.74) is 0. The van der Waals surface area contributed by atoms with Crippen LogP contribution in [0.3, 0.4) is 0 Å². The standard InChI is InChI=1S/C13H26N2O2/c1-3-14-7-10(2)13(17)15-8-11-5-4-6-12(11)9-16/h10-12,14,16H,3-9H2,1-2H3,(H,15,17). The van der Waals surface area contributed by atoms with E-state index in [9.17, 15) is 9.90 Å². The fraction of sp³-hybridized carbons (Fsp3) is 0.923. The van der Waals surface area contributed by atoms with Gasteiger partial charge in [0.1, 0.15) is 0 Å². The first-order chi connectivity index (χ1) is 8.19. The van der Waals surface area contributed by atoms with Crippen LogP contribution in [0, 0.1) is 17.8 Å². The molecule has 0 spiro atoms. The number of aliphatic hydroxyl groups is 1. The van der Waals surface area contributed by atoms with Crippen molar-refractivity contribution in [1.82, 2.24) is 10.6 Å². The third-order valence-electron chi connectivity index (χ3n) is 3.74. The van der Waals surface area contributed by atoms with Crippen molar-refractivity contribution in [3.05, 3.63) is 0 Å². The molecular weight excluding hydrogens is 216 g/mol. The van der Waals surface area contributed by atoms with E-state index in [4.69, 9.17) is 0 Å². The van der Waals surface area contributed by atoms with E-state index in [1.54, 1.807) is 0 Å². The van der Waals surface area contributed by atoms with Crippen LogP contribution in [0.1, 0.15) is 33.1 Å². The number of carbonyl (C=O) groups excluding carboxylic acids is 1. The van der Waals surface area contributed by atoms with Crippen LogP contribution in [0.25, 0.3) is 0 Å². The van der Waals surface area contributed by atoms with Crippen LogP contribution in [-0.4, -0.2) is 37.3 Å². The smallest absolute Gasteiger partial charge is 0.224 e. The van der Waals surface area contributed by atoms with E-state index in [0.717, 1.165) is 32.5 Å². The zero-order valence-corrected chi connectivity index (χ0v) is 11.0. The number of hydrogen-bond donors (Lipinski definition) is 3. The minimum absolute atomic E-state index is 0.0175. The van der Waals surface area contributed by atoms with Crippen LogP contribution in [-0.2, 0) is 4.79 Å². The number of rotatable bonds is 7. The van der Waals surface area contributed by atoms with Crippen molar-refractivity contribution in [2.24, 2.45) is 17.8 Å². The predicted octanol–water partition coefficient (Wildman–Crippen LogP) is 0.757. The van der Waals surface area contributed by atoms with Crippen LogP contribution in [0.4, 0.5) is 0 Å². The van der Waals surface area contributed by atoms with Crippen molar-refractivity contribution in [2.75, 3.05) is 26.2 Å². The molecule has 4 heteroatoms. The molecule has 0 aromatic rings. The number of amides is 1. The fourth-order valence-electron chi connectivity index (χ4n) is 2.48. The summed E-state index contributed by atoms with van der Waals surface area (Å²) in [5, 5.41) is 15.4. The summed E-state index contributed by atoms with van der Waals surface area (Å²) < 4.78 is 0. The Bertz CT molecular complexity index is 233. The highest BCUT2D eigenvalue weighted by Crippen LogP contribution is 2.30. The summed E-state index contributed by atoms with van der Waals surface area (Å²) in [5.74, 6) is 0.994. The molecule has 3 unspecified atom stereocenters. The molecule has 0 bridgehead atoms. The molecule has 0 radical (unpaired) electrons. The molecule has 1 rings (SSSR count). The van der Waals surface area contributed by atoms with Gasteiger partial charge in [0.15, 0.2) is 0 Å². The lowest BCUT2D eigenvalue weighted by molar-refractivity contribution is -0.124. The van der Waals surface area contributed by atoms with Crippen LogP contribution in [0.2, 0.25) is 0 Å². The van der Waals surface area contributed by atoms with Gasteiger partial charge in [-0.05, 0) is 31.2 Å². The number of hydrogen-bond acceptors (Lipinski definition) is 3. The zero-order valence-electron chi connectivity index (χ0n) is 11.0. The number of aliphatic hydroxyl groups excluding tert-OH is 1. The Balaban J connectivity index is 2.22.